The summed E-state index contributed by atoms with van der Waals surface area (Å²) in [6.45, 7) is 29.5. The molecule has 5 rings (SSSR count). The normalized spacial score (nSPS) is 25.1. The third-order valence-electron chi connectivity index (χ3n) is 9.32. The third-order valence-corrected chi connectivity index (χ3v) is 9.89. The Kier molecular flexibility index (Phi) is 13.5. The minimum atomic E-state index is -6.09. The summed E-state index contributed by atoms with van der Waals surface area (Å²) >= 11 is 0. The molecule has 0 aromatic rings. The molecule has 0 radical (unpaired) electrons. The van der Waals surface area contributed by atoms with Crippen molar-refractivity contribution < 1.29 is 45.1 Å². The lowest BCUT2D eigenvalue weighted by Gasteiger charge is -2.36. The Hall–Kier alpha value is -3.08. The molecule has 5 heterocycles. The molecule has 5 aliphatic rings. The van der Waals surface area contributed by atoms with E-state index in [1.807, 2.05) is 13.8 Å². The Morgan fingerprint density at radius 2 is 1.25 bits per heavy atom. The second kappa shape index (κ2) is 16.3. The number of aliphatic imine (C=N–C) groups is 4. The SMILES string of the molecule is CC(C)[C@H]1COC(C=NC(C)(C)C2=N[C@@H](C(C)C)CO2)=N1.CC(C)[C@H]1COC2=CN(C(C)(C)C3=N[C@@H](C(C)C)CO3)CN21.O=S(=O)([O-])C(F)(F)F. The van der Waals surface area contributed by atoms with Crippen LogP contribution in [0.15, 0.2) is 32.1 Å². The highest BCUT2D eigenvalue weighted by molar-refractivity contribution is 7.86. The molecule has 17 heteroatoms. The highest BCUT2D eigenvalue weighted by Gasteiger charge is 2.45. The van der Waals surface area contributed by atoms with Crippen molar-refractivity contribution in [3.63, 3.8) is 0 Å². The van der Waals surface area contributed by atoms with Gasteiger partial charge < -0.3 is 33.3 Å². The fraction of sp³-hybridized carbons (Fsp3) is 0.824. The molecular formula is C34H56F3N6O7S-. The van der Waals surface area contributed by atoms with Crippen molar-refractivity contribution in [1.29, 1.82) is 0 Å². The topological polar surface area (TPSA) is 150 Å². The first-order chi connectivity index (χ1) is 23.3. The summed E-state index contributed by atoms with van der Waals surface area (Å²) in [6, 6.07) is 1.21. The Labute approximate surface area is 301 Å². The first-order valence-corrected chi connectivity index (χ1v) is 18.8. The minimum Gasteiger partial charge on any atom is -0.741 e. The maximum atomic E-state index is 10.7. The molecule has 5 aliphatic heterocycles. The molecule has 0 unspecified atom stereocenters. The van der Waals surface area contributed by atoms with Crippen molar-refractivity contribution in [2.75, 3.05) is 33.1 Å². The van der Waals surface area contributed by atoms with E-state index < -0.39 is 21.2 Å². The predicted molar refractivity (Wildman–Crippen MR) is 190 cm³/mol. The van der Waals surface area contributed by atoms with E-state index in [9.17, 15) is 13.2 Å². The Bertz CT molecular complexity index is 1470. The van der Waals surface area contributed by atoms with Gasteiger partial charge in [0.25, 0.3) is 0 Å². The summed E-state index contributed by atoms with van der Waals surface area (Å²) in [4.78, 5) is 23.2. The molecule has 292 valence electrons. The van der Waals surface area contributed by atoms with Crippen LogP contribution in [0.2, 0.25) is 0 Å². The fourth-order valence-electron chi connectivity index (χ4n) is 5.37. The van der Waals surface area contributed by atoms with Gasteiger partial charge in [0.05, 0.1) is 43.3 Å². The van der Waals surface area contributed by atoms with Crippen molar-refractivity contribution in [2.45, 2.75) is 124 Å². The second-order valence-electron chi connectivity index (χ2n) is 15.6. The molecule has 0 aliphatic carbocycles. The monoisotopic (exact) mass is 749 g/mol. The van der Waals surface area contributed by atoms with E-state index in [1.54, 1.807) is 6.21 Å². The molecule has 0 aromatic heterocycles. The van der Waals surface area contributed by atoms with Crippen LogP contribution in [0.4, 0.5) is 13.2 Å². The summed E-state index contributed by atoms with van der Waals surface area (Å²) in [6.07, 6.45) is 3.83. The average Bonchev–Trinajstić information content (AvgIpc) is 3.83. The number of fused-ring (bicyclic) bond motifs is 1. The lowest BCUT2D eigenvalue weighted by Crippen LogP contribution is -2.49. The number of hydrogen-bond acceptors (Lipinski definition) is 13. The maximum Gasteiger partial charge on any atom is 0.485 e. The average molecular weight is 750 g/mol. The van der Waals surface area contributed by atoms with Crippen molar-refractivity contribution in [3.05, 3.63) is 12.1 Å². The van der Waals surface area contributed by atoms with Gasteiger partial charge in [-0.2, -0.15) is 13.2 Å². The van der Waals surface area contributed by atoms with Crippen LogP contribution in [0.1, 0.15) is 83.1 Å². The van der Waals surface area contributed by atoms with E-state index in [0.717, 1.165) is 25.1 Å². The zero-order valence-corrected chi connectivity index (χ0v) is 32.7. The van der Waals surface area contributed by atoms with Gasteiger partial charge in [-0.15, -0.1) is 0 Å². The molecule has 4 atom stereocenters. The van der Waals surface area contributed by atoms with Crippen molar-refractivity contribution in [2.24, 2.45) is 43.6 Å². The Morgan fingerprint density at radius 3 is 1.71 bits per heavy atom. The van der Waals surface area contributed by atoms with Gasteiger partial charge in [0.2, 0.25) is 23.6 Å². The van der Waals surface area contributed by atoms with Crippen LogP contribution in [-0.4, -0.2) is 121 Å². The highest BCUT2D eigenvalue weighted by Crippen LogP contribution is 2.35. The van der Waals surface area contributed by atoms with E-state index in [4.69, 9.17) is 36.9 Å². The van der Waals surface area contributed by atoms with Crippen LogP contribution >= 0.6 is 0 Å². The molecule has 0 N–H and O–H groups in total. The van der Waals surface area contributed by atoms with Gasteiger partial charge in [-0.1, -0.05) is 55.4 Å². The van der Waals surface area contributed by atoms with Gasteiger partial charge in [-0.05, 0) is 51.4 Å². The van der Waals surface area contributed by atoms with Crippen LogP contribution in [0, 0.1) is 23.7 Å². The second-order valence-corrected chi connectivity index (χ2v) is 17.0. The number of alkyl halides is 3. The molecule has 0 saturated carbocycles. The summed E-state index contributed by atoms with van der Waals surface area (Å²) < 4.78 is 82.0. The van der Waals surface area contributed by atoms with E-state index in [2.05, 4.69) is 100 Å². The van der Waals surface area contributed by atoms with E-state index in [-0.39, 0.29) is 23.7 Å². The number of ether oxygens (including phenoxy) is 4. The molecule has 0 bridgehead atoms. The van der Waals surface area contributed by atoms with Gasteiger partial charge in [0, 0.05) is 0 Å². The molecule has 0 spiro atoms. The lowest BCUT2D eigenvalue weighted by atomic mass is 10.0. The fourth-order valence-corrected chi connectivity index (χ4v) is 5.37. The van der Waals surface area contributed by atoms with Gasteiger partial charge in [0.1, 0.15) is 37.5 Å². The Morgan fingerprint density at radius 1 is 0.784 bits per heavy atom. The summed E-state index contributed by atoms with van der Waals surface area (Å²) in [5, 5.41) is 0. The first-order valence-electron chi connectivity index (χ1n) is 17.4. The molecule has 13 nitrogen and oxygen atoms in total. The van der Waals surface area contributed by atoms with E-state index >= 15 is 0 Å². The summed E-state index contributed by atoms with van der Waals surface area (Å²) in [7, 11) is -6.09. The smallest absolute Gasteiger partial charge is 0.485 e. The number of hydrogen-bond donors (Lipinski definition) is 0. The number of nitrogens with zero attached hydrogens (tertiary/aromatic N) is 6. The van der Waals surface area contributed by atoms with Gasteiger partial charge in [0.15, 0.2) is 10.1 Å². The van der Waals surface area contributed by atoms with Gasteiger partial charge >= 0.3 is 5.51 Å². The molecule has 51 heavy (non-hydrogen) atoms. The number of halogens is 3. The van der Waals surface area contributed by atoms with Crippen LogP contribution in [0.3, 0.4) is 0 Å². The van der Waals surface area contributed by atoms with Gasteiger partial charge in [-0.3, -0.25) is 4.99 Å². The van der Waals surface area contributed by atoms with Gasteiger partial charge in [-0.25, -0.2) is 23.4 Å². The van der Waals surface area contributed by atoms with E-state index in [0.29, 0.717) is 61.3 Å². The molecular weight excluding hydrogens is 693 g/mol. The van der Waals surface area contributed by atoms with Crippen LogP contribution in [0.5, 0.6) is 0 Å². The first kappa shape index (κ1) is 42.3. The van der Waals surface area contributed by atoms with Crippen molar-refractivity contribution >= 4 is 34.0 Å². The molecule has 0 aromatic carbocycles. The minimum absolute atomic E-state index is 0.236. The maximum absolute atomic E-state index is 10.7. The molecule has 0 amide bonds. The predicted octanol–water partition coefficient (Wildman–Crippen LogP) is 5.44. The number of rotatable bonds is 9. The lowest BCUT2D eigenvalue weighted by molar-refractivity contribution is -0.0517. The van der Waals surface area contributed by atoms with Crippen molar-refractivity contribution in [3.8, 4) is 0 Å². The third kappa shape index (κ3) is 10.7. The van der Waals surface area contributed by atoms with Crippen LogP contribution in [0.25, 0.3) is 0 Å². The standard InChI is InChI=1S/C17H29N3O2.C16H27N3O2.CHF3O3S/c1-11(2)13-8-22-16(18-13)17(5,6)19-7-15-20(10-19)14(9-21-15)12(3)4;1-10(2)12-8-20-14(18-12)7-17-16(5,6)15-19-13(9-21-15)11(3)4;2-1(3,4)8(5,6)7/h7,11-14H,8-10H2,1-6H3;7,10-13H,8-9H2,1-6H3;(H,5,6,7)/p-1/t13-,14-;12-,13-;/m11./s1. The van der Waals surface area contributed by atoms with Crippen LogP contribution in [-0.2, 0) is 29.1 Å². The quantitative estimate of drug-likeness (QED) is 0.171. The largest absolute Gasteiger partial charge is 0.741 e. The Balaban J connectivity index is 0.000000228. The van der Waals surface area contributed by atoms with E-state index in [1.165, 1.54) is 0 Å². The highest BCUT2D eigenvalue weighted by atomic mass is 32.2. The molecule has 1 saturated heterocycles. The zero-order valence-electron chi connectivity index (χ0n) is 31.9. The summed E-state index contributed by atoms with van der Waals surface area (Å²) in [5.41, 5.74) is -6.37. The van der Waals surface area contributed by atoms with Crippen LogP contribution < -0.4 is 0 Å². The summed E-state index contributed by atoms with van der Waals surface area (Å²) in [5.74, 6) is 5.23. The van der Waals surface area contributed by atoms with Crippen molar-refractivity contribution in [1.82, 2.24) is 9.80 Å². The zero-order chi connectivity index (χ0) is 38.7. The molecule has 1 fully saturated rings.